The molecule has 3 heterocycles. The molecule has 1 aromatic heterocycles. The number of carbonyl (C=O) groups is 4. The number of nitrogens with two attached hydrogens (primary N) is 1. The Bertz CT molecular complexity index is 2500. The number of ether oxygens (including phenoxy) is 4. The second-order valence-corrected chi connectivity index (χ2v) is 14.8. The lowest BCUT2D eigenvalue weighted by atomic mass is 9.91. The van der Waals surface area contributed by atoms with E-state index in [4.69, 9.17) is 66.5 Å². The Hall–Kier alpha value is -5.45. The van der Waals surface area contributed by atoms with Crippen LogP contribution in [-0.4, -0.2) is 66.3 Å². The van der Waals surface area contributed by atoms with Gasteiger partial charge in [-0.15, -0.1) is 0 Å². The lowest BCUT2D eigenvalue weighted by molar-refractivity contribution is -0.158. The zero-order chi connectivity index (χ0) is 44.9. The van der Waals surface area contributed by atoms with Crippen LogP contribution in [0.3, 0.4) is 0 Å². The summed E-state index contributed by atoms with van der Waals surface area (Å²) in [6.45, 7) is 3.99. The van der Waals surface area contributed by atoms with Crippen LogP contribution >= 0.6 is 46.4 Å². The highest BCUT2D eigenvalue weighted by atomic mass is 35.5. The van der Waals surface area contributed by atoms with Crippen molar-refractivity contribution in [2.75, 3.05) is 38.5 Å². The number of nitrogens with one attached hydrogen (secondary N) is 1. The number of nitrogens with zero attached hydrogens (tertiary/aromatic N) is 2. The standard InChI is InChI=1S/C22H17Cl2FN2O3.C16H15FO5.C6H6Cl2N2/c1-2-30-22(28)20-17-12-29-11-14(9-13-3-6-16(25)7-4-13)21(17)27(26-20)19-8-5-15(23)10-18(19)24;1-2-22-16(20)15(19)13-9-21-8-11(14(13)18)7-10-3-5-12(17)6-4-10;7-4-1-2-6(10-9)5(8)3-4/h3-10H,2,11-12H2,1H3;3-7,13H,2,8-9H2,1H3;1-3,10H,9H2/b14-9+;11-7+;. The highest BCUT2D eigenvalue weighted by molar-refractivity contribution is 6.40. The number of fused-ring (bicyclic) bond motifs is 1. The van der Waals surface area contributed by atoms with Crippen LogP contribution in [0.5, 0.6) is 0 Å². The maximum atomic E-state index is 13.3. The zero-order valence-electron chi connectivity index (χ0n) is 33.1. The molecule has 62 heavy (non-hydrogen) atoms. The zero-order valence-corrected chi connectivity index (χ0v) is 36.1. The van der Waals surface area contributed by atoms with Crippen molar-refractivity contribution in [2.24, 2.45) is 11.8 Å². The van der Waals surface area contributed by atoms with Crippen LogP contribution in [0, 0.1) is 17.6 Å². The third-order valence-corrected chi connectivity index (χ3v) is 9.96. The topological polar surface area (TPSA) is 161 Å². The van der Waals surface area contributed by atoms with Gasteiger partial charge in [0.1, 0.15) is 17.6 Å². The van der Waals surface area contributed by atoms with Crippen LogP contribution in [0.4, 0.5) is 14.5 Å². The average Bonchev–Trinajstić information content (AvgIpc) is 3.64. The fraction of sp³-hybridized carbons (Fsp3) is 0.205. The van der Waals surface area contributed by atoms with Crippen molar-refractivity contribution in [1.29, 1.82) is 0 Å². The first-order valence-electron chi connectivity index (χ1n) is 18.7. The Morgan fingerprint density at radius 3 is 1.92 bits per heavy atom. The minimum Gasteiger partial charge on any atom is -0.461 e. The van der Waals surface area contributed by atoms with E-state index in [9.17, 15) is 28.0 Å². The maximum absolute atomic E-state index is 13.3. The summed E-state index contributed by atoms with van der Waals surface area (Å²) < 4.78 is 48.5. The minimum atomic E-state index is -1.18. The largest absolute Gasteiger partial charge is 0.461 e. The number of anilines is 1. The highest BCUT2D eigenvalue weighted by Gasteiger charge is 2.37. The molecule has 4 aromatic carbocycles. The number of ketones is 2. The molecule has 2 aliphatic rings. The smallest absolute Gasteiger partial charge is 0.375 e. The summed E-state index contributed by atoms with van der Waals surface area (Å²) >= 11 is 23.8. The van der Waals surface area contributed by atoms with Gasteiger partial charge in [-0.1, -0.05) is 70.7 Å². The second kappa shape index (κ2) is 22.6. The number of hydrogen-bond donors (Lipinski definition) is 2. The van der Waals surface area contributed by atoms with Crippen molar-refractivity contribution in [2.45, 2.75) is 20.5 Å². The van der Waals surface area contributed by atoms with Crippen LogP contribution in [0.15, 0.2) is 90.5 Å². The second-order valence-electron chi connectivity index (χ2n) is 13.1. The molecule has 0 radical (unpaired) electrons. The summed E-state index contributed by atoms with van der Waals surface area (Å²) in [5.74, 6) is 0.295. The Morgan fingerprint density at radius 1 is 0.790 bits per heavy atom. The fourth-order valence-electron chi connectivity index (χ4n) is 5.99. The molecule has 5 aromatic rings. The molecule has 18 heteroatoms. The van der Waals surface area contributed by atoms with E-state index < -0.39 is 29.4 Å². The van der Waals surface area contributed by atoms with E-state index in [1.807, 2.05) is 6.08 Å². The molecule has 0 saturated carbocycles. The van der Waals surface area contributed by atoms with Crippen LogP contribution in [0.25, 0.3) is 23.4 Å². The summed E-state index contributed by atoms with van der Waals surface area (Å²) in [5, 5.41) is 6.51. The van der Waals surface area contributed by atoms with Gasteiger partial charge in [0, 0.05) is 26.8 Å². The van der Waals surface area contributed by atoms with E-state index in [-0.39, 0.29) is 55.9 Å². The number of Topliss-reactive ketones (excluding diaryl/α,β-unsaturated/α-hetero) is 2. The van der Waals surface area contributed by atoms with Crippen LogP contribution < -0.4 is 11.3 Å². The molecule has 1 unspecified atom stereocenters. The molecular weight excluding hydrogens is 892 g/mol. The van der Waals surface area contributed by atoms with Crippen LogP contribution in [0.1, 0.15) is 46.7 Å². The minimum absolute atomic E-state index is 0.0445. The molecule has 1 atom stereocenters. The monoisotopic (exact) mass is 928 g/mol. The number of rotatable bonds is 9. The molecule has 0 aliphatic carbocycles. The summed E-state index contributed by atoms with van der Waals surface area (Å²) in [5.41, 5.74) is 7.58. The first-order valence-corrected chi connectivity index (χ1v) is 20.2. The first kappa shape index (κ1) is 47.6. The molecule has 12 nitrogen and oxygen atoms in total. The molecule has 1 saturated heterocycles. The van der Waals surface area contributed by atoms with Gasteiger partial charge in [0.05, 0.1) is 66.8 Å². The van der Waals surface area contributed by atoms with E-state index in [0.717, 1.165) is 11.1 Å². The van der Waals surface area contributed by atoms with Gasteiger partial charge < -0.3 is 24.4 Å². The molecular formula is C44H38Cl4F2N4O8. The van der Waals surface area contributed by atoms with Gasteiger partial charge in [-0.3, -0.25) is 15.4 Å². The number of esters is 2. The molecule has 0 bridgehead atoms. The van der Waals surface area contributed by atoms with E-state index in [2.05, 4.69) is 15.3 Å². The van der Waals surface area contributed by atoms with Crippen molar-refractivity contribution < 1.29 is 46.9 Å². The molecule has 7 rings (SSSR count). The number of hydrazine groups is 1. The number of nitrogen functional groups attached to an aromatic ring is 1. The number of carbonyl (C=O) groups excluding carboxylic acids is 4. The SMILES string of the molecule is CCOC(=O)C(=O)C1COC/C(=C\c2ccc(F)cc2)C1=O.CCOC(=O)c1nn(-c2ccc(Cl)cc2Cl)c2c1COC/C2=C\c1ccc(F)cc1.NNc1ccc(Cl)cc1Cl. The molecule has 2 aliphatic heterocycles. The van der Waals surface area contributed by atoms with Crippen molar-refractivity contribution in [3.05, 3.63) is 150 Å². The lowest BCUT2D eigenvalue weighted by Crippen LogP contribution is -2.39. The average molecular weight is 931 g/mol. The van der Waals surface area contributed by atoms with Crippen molar-refractivity contribution in [3.63, 3.8) is 0 Å². The number of halogens is 6. The Balaban J connectivity index is 0.000000198. The Morgan fingerprint density at radius 2 is 1.35 bits per heavy atom. The van der Waals surface area contributed by atoms with Crippen molar-refractivity contribution in [1.82, 2.24) is 9.78 Å². The molecule has 3 N–H and O–H groups in total. The number of hydrogen-bond acceptors (Lipinski definition) is 11. The van der Waals surface area contributed by atoms with Crippen LogP contribution in [-0.2, 0) is 39.9 Å². The van der Waals surface area contributed by atoms with E-state index in [1.165, 1.54) is 42.5 Å². The third kappa shape index (κ3) is 12.3. The summed E-state index contributed by atoms with van der Waals surface area (Å²) in [7, 11) is 0. The summed E-state index contributed by atoms with van der Waals surface area (Å²) in [6.07, 6.45) is 3.39. The predicted octanol–water partition coefficient (Wildman–Crippen LogP) is 9.40. The Labute approximate surface area is 375 Å². The third-order valence-electron chi connectivity index (χ3n) is 8.87. The summed E-state index contributed by atoms with van der Waals surface area (Å²) in [4.78, 5) is 48.2. The number of benzene rings is 4. The van der Waals surface area contributed by atoms with Gasteiger partial charge in [-0.25, -0.2) is 23.1 Å². The fourth-order valence-corrected chi connectivity index (χ4v) is 6.94. The van der Waals surface area contributed by atoms with Crippen molar-refractivity contribution >= 4 is 93.3 Å². The number of aromatic nitrogens is 2. The van der Waals surface area contributed by atoms with Gasteiger partial charge in [0.2, 0.25) is 0 Å². The van der Waals surface area contributed by atoms with Gasteiger partial charge in [0.25, 0.3) is 5.78 Å². The predicted molar refractivity (Wildman–Crippen MR) is 233 cm³/mol. The maximum Gasteiger partial charge on any atom is 0.375 e. The quantitative estimate of drug-likeness (QED) is 0.0362. The van der Waals surface area contributed by atoms with Crippen LogP contribution in [0.2, 0.25) is 20.1 Å². The van der Waals surface area contributed by atoms with Gasteiger partial charge in [-0.05, 0) is 97.8 Å². The van der Waals surface area contributed by atoms with Gasteiger partial charge in [0.15, 0.2) is 11.5 Å². The van der Waals surface area contributed by atoms with Crippen molar-refractivity contribution in [3.8, 4) is 5.69 Å². The molecule has 1 fully saturated rings. The molecule has 324 valence electrons. The van der Waals surface area contributed by atoms with Gasteiger partial charge in [-0.2, -0.15) is 5.10 Å². The molecule has 0 amide bonds. The van der Waals surface area contributed by atoms with E-state index >= 15 is 0 Å². The van der Waals surface area contributed by atoms with E-state index in [0.29, 0.717) is 54.9 Å². The normalized spacial score (nSPS) is 15.7. The Kier molecular flexibility index (Phi) is 17.3. The lowest BCUT2D eigenvalue weighted by Gasteiger charge is -2.21. The summed E-state index contributed by atoms with van der Waals surface area (Å²) in [6, 6.07) is 21.7. The van der Waals surface area contributed by atoms with E-state index in [1.54, 1.807) is 67.1 Å². The highest BCUT2D eigenvalue weighted by Crippen LogP contribution is 2.35. The van der Waals surface area contributed by atoms with Gasteiger partial charge >= 0.3 is 11.9 Å². The molecule has 0 spiro atoms. The first-order chi connectivity index (χ1) is 29.7.